The number of nitrogens with zero attached hydrogens (tertiary/aromatic N) is 4. The van der Waals surface area contributed by atoms with Crippen LogP contribution in [0.15, 0.2) is 60.7 Å². The summed E-state index contributed by atoms with van der Waals surface area (Å²) in [5, 5.41) is 16.2. The van der Waals surface area contributed by atoms with Crippen LogP contribution in [0, 0.1) is 18.6 Å². The molecule has 3 amide bonds. The number of benzene rings is 3. The molecule has 258 valence electrons. The zero-order valence-corrected chi connectivity index (χ0v) is 27.2. The highest BCUT2D eigenvalue weighted by molar-refractivity contribution is 6.09. The Morgan fingerprint density at radius 1 is 0.878 bits per heavy atom. The number of ether oxygens (including phenoxy) is 3. The Kier molecular flexibility index (Phi) is 12.8. The van der Waals surface area contributed by atoms with Gasteiger partial charge in [-0.15, -0.1) is 10.2 Å². The van der Waals surface area contributed by atoms with E-state index >= 15 is 4.39 Å². The Hall–Kier alpha value is -5.73. The van der Waals surface area contributed by atoms with E-state index in [1.54, 1.807) is 13.0 Å². The Bertz CT molecular complexity index is 1730. The first kappa shape index (κ1) is 36.1. The molecule has 1 unspecified atom stereocenters. The normalized spacial score (nSPS) is 11.4. The van der Waals surface area contributed by atoms with E-state index in [-0.39, 0.29) is 48.1 Å². The molecule has 15 heteroatoms. The second-order valence-corrected chi connectivity index (χ2v) is 11.0. The molecule has 49 heavy (non-hydrogen) atoms. The van der Waals surface area contributed by atoms with E-state index in [1.165, 1.54) is 48.5 Å². The van der Waals surface area contributed by atoms with Crippen LogP contribution in [0.2, 0.25) is 0 Å². The van der Waals surface area contributed by atoms with Crippen LogP contribution in [0.3, 0.4) is 0 Å². The van der Waals surface area contributed by atoms with Crippen LogP contribution < -0.4 is 15.0 Å². The lowest BCUT2D eigenvalue weighted by molar-refractivity contribution is -0.117. The molecule has 0 saturated heterocycles. The fourth-order valence-corrected chi connectivity index (χ4v) is 4.44. The van der Waals surface area contributed by atoms with Gasteiger partial charge in [0.15, 0.2) is 17.4 Å². The van der Waals surface area contributed by atoms with Gasteiger partial charge in [-0.05, 0) is 85.8 Å². The molecule has 1 heterocycles. The molecule has 0 aliphatic rings. The zero-order chi connectivity index (χ0) is 35.3. The fourth-order valence-electron chi connectivity index (χ4n) is 4.44. The van der Waals surface area contributed by atoms with Crippen LogP contribution >= 0.6 is 0 Å². The van der Waals surface area contributed by atoms with Crippen molar-refractivity contribution < 1.29 is 42.2 Å². The maximum Gasteiger partial charge on any atom is 0.424 e. The van der Waals surface area contributed by atoms with Gasteiger partial charge in [-0.2, -0.15) is 10.1 Å². The number of anilines is 2. The number of rotatable bonds is 14. The third kappa shape index (κ3) is 9.89. The first-order chi connectivity index (χ1) is 23.6. The number of carbonyl (C=O) groups excluding carboxylic acids is 4. The van der Waals surface area contributed by atoms with Gasteiger partial charge in [-0.3, -0.25) is 4.79 Å². The van der Waals surface area contributed by atoms with Crippen molar-refractivity contribution in [1.82, 2.24) is 20.6 Å². The Morgan fingerprint density at radius 3 is 2.12 bits per heavy atom. The number of aryl methyl sites for hydroxylation is 1. The summed E-state index contributed by atoms with van der Waals surface area (Å²) in [4.78, 5) is 52.2. The molecule has 0 radical (unpaired) electrons. The van der Waals surface area contributed by atoms with Crippen LogP contribution in [-0.4, -0.2) is 57.9 Å². The van der Waals surface area contributed by atoms with Crippen molar-refractivity contribution in [3.05, 3.63) is 94.8 Å². The van der Waals surface area contributed by atoms with Gasteiger partial charge >= 0.3 is 18.2 Å². The zero-order valence-electron chi connectivity index (χ0n) is 27.2. The maximum atomic E-state index is 15.2. The number of unbranched alkanes of at least 4 members (excludes halogenated alkanes) is 2. The number of aromatic nitrogens is 4. The van der Waals surface area contributed by atoms with Gasteiger partial charge in [-0.1, -0.05) is 44.0 Å². The summed E-state index contributed by atoms with van der Waals surface area (Å²) in [6.45, 7) is 5.67. The number of tetrazole rings is 1. The first-order valence-electron chi connectivity index (χ1n) is 15.7. The summed E-state index contributed by atoms with van der Waals surface area (Å²) in [5.74, 6) is -4.24. The minimum Gasteiger partial charge on any atom is -0.449 e. The van der Waals surface area contributed by atoms with Crippen LogP contribution in [-0.2, 0) is 20.7 Å². The number of esters is 1. The number of amides is 3. The van der Waals surface area contributed by atoms with Crippen LogP contribution in [0.1, 0.15) is 72.8 Å². The molecule has 4 rings (SSSR count). The smallest absolute Gasteiger partial charge is 0.424 e. The number of nitrogens with one attached hydrogen (secondary N) is 2. The number of H-pyrrole nitrogens is 1. The van der Waals surface area contributed by atoms with Gasteiger partial charge in [-0.25, -0.2) is 23.2 Å². The summed E-state index contributed by atoms with van der Waals surface area (Å²) >= 11 is 0. The van der Waals surface area contributed by atoms with Gasteiger partial charge < -0.3 is 19.5 Å². The third-order valence-corrected chi connectivity index (χ3v) is 7.24. The van der Waals surface area contributed by atoms with Gasteiger partial charge in [0.25, 0.3) is 0 Å². The summed E-state index contributed by atoms with van der Waals surface area (Å²) in [6.07, 6.45) is 0.875. The van der Waals surface area contributed by atoms with Crippen molar-refractivity contribution in [2.75, 3.05) is 23.4 Å². The highest BCUT2D eigenvalue weighted by atomic mass is 19.1. The monoisotopic (exact) mass is 678 g/mol. The molecule has 0 fully saturated rings. The number of hydrogen-bond acceptors (Lipinski definition) is 10. The van der Waals surface area contributed by atoms with Crippen LogP contribution in [0.4, 0.5) is 29.7 Å². The van der Waals surface area contributed by atoms with Gasteiger partial charge in [0.2, 0.25) is 5.91 Å². The van der Waals surface area contributed by atoms with Crippen LogP contribution in [0.25, 0.3) is 0 Å². The van der Waals surface area contributed by atoms with Crippen molar-refractivity contribution in [1.29, 1.82) is 0 Å². The van der Waals surface area contributed by atoms with Gasteiger partial charge in [0.1, 0.15) is 11.7 Å². The molecule has 0 saturated carbocycles. The van der Waals surface area contributed by atoms with E-state index in [0.717, 1.165) is 23.8 Å². The highest BCUT2D eigenvalue weighted by Gasteiger charge is 2.28. The largest absolute Gasteiger partial charge is 0.449 e. The van der Waals surface area contributed by atoms with Crippen molar-refractivity contribution in [2.45, 2.75) is 58.8 Å². The van der Waals surface area contributed by atoms with Crippen LogP contribution in [0.5, 0.6) is 5.75 Å². The van der Waals surface area contributed by atoms with E-state index in [0.29, 0.717) is 24.0 Å². The molecule has 3 aromatic carbocycles. The summed E-state index contributed by atoms with van der Waals surface area (Å²) in [7, 11) is 0. The van der Waals surface area contributed by atoms with Crippen molar-refractivity contribution in [3.8, 4) is 5.75 Å². The number of halogens is 2. The number of carbonyl (C=O) groups is 4. The predicted molar refractivity (Wildman–Crippen MR) is 173 cm³/mol. The lowest BCUT2D eigenvalue weighted by Crippen LogP contribution is -2.38. The second-order valence-electron chi connectivity index (χ2n) is 11.0. The Morgan fingerprint density at radius 2 is 1.55 bits per heavy atom. The molecular formula is C34H36F2N6O7. The average molecular weight is 679 g/mol. The standard InChI is InChI=1S/C34H36F2N6O7/c1-4-6-16-47-33(45)42(34(46)48-17-7-5-2)25-13-10-23(11-14-25)32(44)49-29-15-9-22(19-28(29)36)18-26(30-38-40-41-39-30)31(43)37-24-12-8-21(3)27(35)20-24/h8-15,19-20,26H,4-7,16-18H2,1-3H3,(H,37,43)(H,38,39,40,41). The molecule has 1 aromatic heterocycles. The molecule has 1 atom stereocenters. The molecule has 13 nitrogen and oxygen atoms in total. The summed E-state index contributed by atoms with van der Waals surface area (Å²) in [5.41, 5.74) is 1.08. The molecule has 0 aliphatic heterocycles. The van der Waals surface area contributed by atoms with E-state index in [9.17, 15) is 23.6 Å². The highest BCUT2D eigenvalue weighted by Crippen LogP contribution is 2.26. The number of imide groups is 1. The number of hydrogen-bond donors (Lipinski definition) is 2. The van der Waals surface area contributed by atoms with E-state index in [4.69, 9.17) is 14.2 Å². The molecule has 2 N–H and O–H groups in total. The van der Waals surface area contributed by atoms with E-state index in [2.05, 4.69) is 25.9 Å². The number of aromatic amines is 1. The minimum absolute atomic E-state index is 0.00672. The summed E-state index contributed by atoms with van der Waals surface area (Å²) in [6, 6.07) is 13.3. The SMILES string of the molecule is CCCCOC(=O)N(C(=O)OCCCC)c1ccc(C(=O)Oc2ccc(CC(C(=O)Nc3ccc(C)c(F)c3)c3nn[nH]n3)cc2F)cc1. The van der Waals surface area contributed by atoms with Crippen molar-refractivity contribution in [2.24, 2.45) is 0 Å². The van der Waals surface area contributed by atoms with Gasteiger partial charge in [0.05, 0.1) is 24.5 Å². The van der Waals surface area contributed by atoms with E-state index < -0.39 is 41.6 Å². The van der Waals surface area contributed by atoms with Gasteiger partial charge in [0, 0.05) is 5.69 Å². The molecule has 4 aromatic rings. The molecule has 0 aliphatic carbocycles. The third-order valence-electron chi connectivity index (χ3n) is 7.24. The quantitative estimate of drug-likeness (QED) is 0.0838. The lowest BCUT2D eigenvalue weighted by Gasteiger charge is -2.20. The van der Waals surface area contributed by atoms with Crippen molar-refractivity contribution in [3.63, 3.8) is 0 Å². The lowest BCUT2D eigenvalue weighted by atomic mass is 9.97. The molecular weight excluding hydrogens is 642 g/mol. The summed E-state index contributed by atoms with van der Waals surface area (Å²) < 4.78 is 44.9. The Labute approximate surface area is 280 Å². The fraction of sp³-hybridized carbons (Fsp3) is 0.324. The molecule has 0 bridgehead atoms. The maximum absolute atomic E-state index is 15.2. The van der Waals surface area contributed by atoms with E-state index in [1.807, 2.05) is 13.8 Å². The first-order valence-corrected chi connectivity index (χ1v) is 15.7. The van der Waals surface area contributed by atoms with Crippen molar-refractivity contribution >= 4 is 35.4 Å². The second kappa shape index (κ2) is 17.4. The topological polar surface area (TPSA) is 166 Å². The Balaban J connectivity index is 1.45. The average Bonchev–Trinajstić information content (AvgIpc) is 3.62. The predicted octanol–water partition coefficient (Wildman–Crippen LogP) is 6.65. The molecule has 0 spiro atoms. The minimum atomic E-state index is -1.03.